The normalized spacial score (nSPS) is 13.1. The van der Waals surface area contributed by atoms with Gasteiger partial charge in [0.1, 0.15) is 11.6 Å². The van der Waals surface area contributed by atoms with Crippen molar-refractivity contribution in [2.45, 2.75) is 19.4 Å². The molecule has 1 amide bonds. The van der Waals surface area contributed by atoms with Crippen LogP contribution in [-0.4, -0.2) is 40.0 Å². The second-order valence-corrected chi connectivity index (χ2v) is 4.66. The molecule has 0 bridgehead atoms. The standard InChI is InChI=1S/C12H16ClN3O3/c1-7(5-11(14)15-19)16(2)12(18)9-4-3-8(13)6-10(9)17/h3-4,6-7,17,19H,5H2,1-2H3,(H2,14,15). The number of benzene rings is 1. The second kappa shape index (κ2) is 6.29. The molecule has 104 valence electrons. The minimum Gasteiger partial charge on any atom is -0.507 e. The van der Waals surface area contributed by atoms with Crippen LogP contribution >= 0.6 is 11.6 Å². The predicted octanol–water partition coefficient (Wildman–Crippen LogP) is 1.64. The summed E-state index contributed by atoms with van der Waals surface area (Å²) in [5, 5.41) is 21.4. The molecule has 1 atom stereocenters. The van der Waals surface area contributed by atoms with Crippen LogP contribution in [0, 0.1) is 0 Å². The lowest BCUT2D eigenvalue weighted by Gasteiger charge is -2.24. The Bertz CT molecular complexity index is 505. The summed E-state index contributed by atoms with van der Waals surface area (Å²) in [5.74, 6) is -0.514. The van der Waals surface area contributed by atoms with Gasteiger partial charge in [0.15, 0.2) is 0 Å². The molecular formula is C12H16ClN3O3. The van der Waals surface area contributed by atoms with Crippen LogP contribution in [0.1, 0.15) is 23.7 Å². The highest BCUT2D eigenvalue weighted by atomic mass is 35.5. The van der Waals surface area contributed by atoms with Gasteiger partial charge in [0.25, 0.3) is 5.91 Å². The van der Waals surface area contributed by atoms with Crippen LogP contribution in [0.15, 0.2) is 23.4 Å². The molecule has 0 spiro atoms. The van der Waals surface area contributed by atoms with E-state index in [-0.39, 0.29) is 35.5 Å². The Labute approximate surface area is 116 Å². The highest BCUT2D eigenvalue weighted by Crippen LogP contribution is 2.23. The first kappa shape index (κ1) is 15.1. The molecule has 0 heterocycles. The maximum absolute atomic E-state index is 12.2. The number of halogens is 1. The summed E-state index contributed by atoms with van der Waals surface area (Å²) in [6.45, 7) is 1.75. The number of phenolic OH excluding ortho intramolecular Hbond substituents is 1. The Balaban J connectivity index is 2.87. The lowest BCUT2D eigenvalue weighted by atomic mass is 10.1. The molecule has 0 fully saturated rings. The largest absolute Gasteiger partial charge is 0.507 e. The zero-order chi connectivity index (χ0) is 14.6. The molecule has 7 heteroatoms. The molecule has 19 heavy (non-hydrogen) atoms. The zero-order valence-electron chi connectivity index (χ0n) is 10.7. The van der Waals surface area contributed by atoms with E-state index in [4.69, 9.17) is 22.5 Å². The van der Waals surface area contributed by atoms with Gasteiger partial charge in [-0.25, -0.2) is 0 Å². The monoisotopic (exact) mass is 285 g/mol. The van der Waals surface area contributed by atoms with Crippen molar-refractivity contribution in [3.8, 4) is 5.75 Å². The third kappa shape index (κ3) is 3.75. The number of carbonyl (C=O) groups is 1. The van der Waals surface area contributed by atoms with Crippen molar-refractivity contribution < 1.29 is 15.1 Å². The van der Waals surface area contributed by atoms with Crippen LogP contribution in [-0.2, 0) is 0 Å². The number of hydrogen-bond donors (Lipinski definition) is 3. The van der Waals surface area contributed by atoms with Gasteiger partial charge >= 0.3 is 0 Å². The molecule has 0 saturated heterocycles. The van der Waals surface area contributed by atoms with E-state index in [1.807, 2.05) is 0 Å². The van der Waals surface area contributed by atoms with Crippen LogP contribution in [0.5, 0.6) is 5.75 Å². The third-order valence-electron chi connectivity index (χ3n) is 2.80. The third-order valence-corrected chi connectivity index (χ3v) is 3.04. The van der Waals surface area contributed by atoms with Crippen molar-refractivity contribution >= 4 is 23.3 Å². The minimum atomic E-state index is -0.368. The van der Waals surface area contributed by atoms with Crippen molar-refractivity contribution in [3.05, 3.63) is 28.8 Å². The average molecular weight is 286 g/mol. The Kier molecular flexibility index (Phi) is 5.00. The van der Waals surface area contributed by atoms with Gasteiger partial charge in [-0.3, -0.25) is 4.79 Å². The number of rotatable bonds is 4. The number of oxime groups is 1. The highest BCUT2D eigenvalue weighted by Gasteiger charge is 2.21. The molecule has 0 aromatic heterocycles. The maximum Gasteiger partial charge on any atom is 0.257 e. The molecule has 1 rings (SSSR count). The molecule has 6 nitrogen and oxygen atoms in total. The number of nitrogens with zero attached hydrogens (tertiary/aromatic N) is 2. The predicted molar refractivity (Wildman–Crippen MR) is 72.7 cm³/mol. The van der Waals surface area contributed by atoms with Crippen molar-refractivity contribution in [2.24, 2.45) is 10.9 Å². The fourth-order valence-electron chi connectivity index (χ4n) is 1.56. The topological polar surface area (TPSA) is 99.2 Å². The van der Waals surface area contributed by atoms with Gasteiger partial charge in [-0.05, 0) is 25.1 Å². The van der Waals surface area contributed by atoms with Gasteiger partial charge < -0.3 is 20.9 Å². The molecule has 0 aliphatic heterocycles. The number of amides is 1. The van der Waals surface area contributed by atoms with Crippen LogP contribution in [0.2, 0.25) is 5.02 Å². The summed E-state index contributed by atoms with van der Waals surface area (Å²) in [6, 6.07) is 4.00. The molecule has 4 N–H and O–H groups in total. The Hall–Kier alpha value is -1.95. The second-order valence-electron chi connectivity index (χ2n) is 4.22. The van der Waals surface area contributed by atoms with Crippen molar-refractivity contribution in [3.63, 3.8) is 0 Å². The molecule has 0 aliphatic rings. The molecule has 0 aliphatic carbocycles. The average Bonchev–Trinajstić information content (AvgIpc) is 2.36. The van der Waals surface area contributed by atoms with Gasteiger partial charge in [0.2, 0.25) is 0 Å². The number of amidine groups is 1. The number of hydrogen-bond acceptors (Lipinski definition) is 4. The summed E-state index contributed by atoms with van der Waals surface area (Å²) in [6.07, 6.45) is 0.229. The van der Waals surface area contributed by atoms with Gasteiger partial charge in [-0.1, -0.05) is 16.8 Å². The SMILES string of the molecule is CC(CC(N)=NO)N(C)C(=O)c1ccc(Cl)cc1O. The van der Waals surface area contributed by atoms with Gasteiger partial charge in [-0.2, -0.15) is 0 Å². The molecular weight excluding hydrogens is 270 g/mol. The van der Waals surface area contributed by atoms with E-state index >= 15 is 0 Å². The van der Waals surface area contributed by atoms with Crippen molar-refractivity contribution in [1.29, 1.82) is 0 Å². The van der Waals surface area contributed by atoms with E-state index in [9.17, 15) is 9.90 Å². The van der Waals surface area contributed by atoms with Crippen molar-refractivity contribution in [1.82, 2.24) is 4.90 Å². The van der Waals surface area contributed by atoms with E-state index in [0.29, 0.717) is 5.02 Å². The summed E-state index contributed by atoms with van der Waals surface area (Å²) < 4.78 is 0. The van der Waals surface area contributed by atoms with Gasteiger partial charge in [0.05, 0.1) is 5.56 Å². The lowest BCUT2D eigenvalue weighted by molar-refractivity contribution is 0.0744. The van der Waals surface area contributed by atoms with E-state index in [1.54, 1.807) is 14.0 Å². The Morgan fingerprint density at radius 3 is 2.74 bits per heavy atom. The molecule has 1 aromatic rings. The Morgan fingerprint density at radius 1 is 1.58 bits per heavy atom. The molecule has 0 saturated carbocycles. The summed E-state index contributed by atoms with van der Waals surface area (Å²) in [5.41, 5.74) is 5.55. The van der Waals surface area contributed by atoms with Crippen LogP contribution in [0.3, 0.4) is 0 Å². The number of aromatic hydroxyl groups is 1. The van der Waals surface area contributed by atoms with E-state index in [2.05, 4.69) is 5.16 Å². The smallest absolute Gasteiger partial charge is 0.257 e. The van der Waals surface area contributed by atoms with Gasteiger partial charge in [-0.15, -0.1) is 0 Å². The van der Waals surface area contributed by atoms with Crippen molar-refractivity contribution in [2.75, 3.05) is 7.05 Å². The maximum atomic E-state index is 12.2. The van der Waals surface area contributed by atoms with Crippen LogP contribution in [0.25, 0.3) is 0 Å². The van der Waals surface area contributed by atoms with Crippen LogP contribution < -0.4 is 5.73 Å². The van der Waals surface area contributed by atoms with E-state index in [1.165, 1.54) is 23.1 Å². The quantitative estimate of drug-likeness (QED) is 0.339. The first-order valence-electron chi connectivity index (χ1n) is 5.59. The Morgan fingerprint density at radius 2 is 2.21 bits per heavy atom. The first-order valence-corrected chi connectivity index (χ1v) is 5.96. The van der Waals surface area contributed by atoms with Gasteiger partial charge in [0, 0.05) is 24.5 Å². The van der Waals surface area contributed by atoms with Crippen LogP contribution in [0.4, 0.5) is 0 Å². The van der Waals surface area contributed by atoms with E-state index < -0.39 is 0 Å². The number of carbonyl (C=O) groups excluding carboxylic acids is 1. The highest BCUT2D eigenvalue weighted by molar-refractivity contribution is 6.30. The molecule has 0 radical (unpaired) electrons. The molecule has 1 aromatic carbocycles. The number of phenols is 1. The zero-order valence-corrected chi connectivity index (χ0v) is 11.4. The lowest BCUT2D eigenvalue weighted by Crippen LogP contribution is -2.37. The summed E-state index contributed by atoms with van der Waals surface area (Å²) in [7, 11) is 1.58. The molecule has 1 unspecified atom stereocenters. The fourth-order valence-corrected chi connectivity index (χ4v) is 1.72. The van der Waals surface area contributed by atoms with E-state index in [0.717, 1.165) is 0 Å². The summed E-state index contributed by atoms with van der Waals surface area (Å²) >= 11 is 5.71. The minimum absolute atomic E-state index is 0.0347. The first-order chi connectivity index (χ1) is 8.86. The number of nitrogens with two attached hydrogens (primary N) is 1. The summed E-state index contributed by atoms with van der Waals surface area (Å²) in [4.78, 5) is 13.6. The fraction of sp³-hybridized carbons (Fsp3) is 0.333.